The minimum Gasteiger partial charge on any atom is -0.352 e. The number of rotatable bonds is 2. The summed E-state index contributed by atoms with van der Waals surface area (Å²) in [7, 11) is 2.14. The Morgan fingerprint density at radius 2 is 2.00 bits per heavy atom. The van der Waals surface area contributed by atoms with Crippen LogP contribution in [0.15, 0.2) is 18.2 Å². The summed E-state index contributed by atoms with van der Waals surface area (Å²) in [6.07, 6.45) is 1.82. The van der Waals surface area contributed by atoms with Gasteiger partial charge in [0.25, 0.3) is 0 Å². The zero-order valence-corrected chi connectivity index (χ0v) is 16.8. The number of ketones is 1. The van der Waals surface area contributed by atoms with Crippen LogP contribution in [0.5, 0.6) is 0 Å². The van der Waals surface area contributed by atoms with Gasteiger partial charge < -0.3 is 15.2 Å². The predicted molar refractivity (Wildman–Crippen MR) is 107 cm³/mol. The number of carbonyl (C=O) groups excluding carboxylic acids is 2. The minimum absolute atomic E-state index is 0.0966. The first-order valence-electron chi connectivity index (χ1n) is 9.82. The van der Waals surface area contributed by atoms with Gasteiger partial charge in [0.15, 0.2) is 5.78 Å². The molecule has 1 amide bonds. The molecular weight excluding hydrogens is 338 g/mol. The number of Topliss-reactive ketones (excluding diaryl/α,β-unsaturated/α-hetero) is 1. The van der Waals surface area contributed by atoms with E-state index in [-0.39, 0.29) is 23.1 Å². The molecule has 1 aromatic heterocycles. The molecule has 1 aliphatic heterocycles. The molecule has 0 saturated carbocycles. The highest BCUT2D eigenvalue weighted by Gasteiger charge is 2.41. The largest absolute Gasteiger partial charge is 0.352 e. The number of aromatic amines is 1. The minimum atomic E-state index is -0.383. The molecule has 4 rings (SSSR count). The molecule has 0 spiro atoms. The van der Waals surface area contributed by atoms with Crippen LogP contribution in [0, 0.1) is 5.41 Å². The van der Waals surface area contributed by atoms with E-state index in [1.54, 1.807) is 6.92 Å². The summed E-state index contributed by atoms with van der Waals surface area (Å²) in [6.45, 7) is 8.33. The number of nitrogens with zero attached hydrogens (tertiary/aromatic N) is 1. The highest BCUT2D eigenvalue weighted by molar-refractivity contribution is 6.02. The number of hydrogen-bond acceptors (Lipinski definition) is 3. The van der Waals surface area contributed by atoms with Crippen LogP contribution in [-0.2, 0) is 11.2 Å². The highest BCUT2D eigenvalue weighted by atomic mass is 16.2. The maximum atomic E-state index is 12.5. The molecule has 2 heterocycles. The number of piperidine rings is 1. The second kappa shape index (κ2) is 6.20. The summed E-state index contributed by atoms with van der Waals surface area (Å²) in [4.78, 5) is 30.3. The van der Waals surface area contributed by atoms with E-state index in [0.29, 0.717) is 12.0 Å². The number of fused-ring (bicyclic) bond motifs is 2. The Hall–Kier alpha value is -2.14. The van der Waals surface area contributed by atoms with E-state index >= 15 is 0 Å². The van der Waals surface area contributed by atoms with Crippen LogP contribution in [-0.4, -0.2) is 47.3 Å². The number of benzene rings is 1. The SMILES string of the molecule is CC(=O)c1[nH]c2cccc3c2c1C[C@@H]1[C@@H]3C[C@H](NC(=O)C(C)(C)C)CN1C. The molecule has 27 heavy (non-hydrogen) atoms. The summed E-state index contributed by atoms with van der Waals surface area (Å²) < 4.78 is 0. The molecule has 3 atom stereocenters. The van der Waals surface area contributed by atoms with E-state index in [1.807, 2.05) is 20.8 Å². The molecule has 2 aromatic rings. The van der Waals surface area contributed by atoms with Gasteiger partial charge in [-0.15, -0.1) is 0 Å². The molecule has 144 valence electrons. The number of H-pyrrole nitrogens is 1. The van der Waals surface area contributed by atoms with Crippen molar-refractivity contribution in [3.05, 3.63) is 35.0 Å². The Morgan fingerprint density at radius 1 is 1.26 bits per heavy atom. The number of aromatic nitrogens is 1. The third-order valence-corrected chi connectivity index (χ3v) is 6.22. The van der Waals surface area contributed by atoms with Gasteiger partial charge in [-0.25, -0.2) is 0 Å². The van der Waals surface area contributed by atoms with Crippen LogP contribution in [0.2, 0.25) is 0 Å². The van der Waals surface area contributed by atoms with Crippen molar-refractivity contribution in [2.24, 2.45) is 5.41 Å². The second-order valence-electron chi connectivity index (χ2n) is 9.28. The number of hydrogen-bond donors (Lipinski definition) is 2. The number of nitrogens with one attached hydrogen (secondary N) is 2. The number of likely N-dealkylation sites (tertiary alicyclic amines) is 1. The lowest BCUT2D eigenvalue weighted by Crippen LogP contribution is -2.56. The average molecular weight is 367 g/mol. The van der Waals surface area contributed by atoms with Crippen LogP contribution in [0.25, 0.3) is 10.9 Å². The van der Waals surface area contributed by atoms with E-state index < -0.39 is 0 Å². The fourth-order valence-electron chi connectivity index (χ4n) is 4.84. The molecule has 1 aromatic carbocycles. The summed E-state index contributed by atoms with van der Waals surface area (Å²) >= 11 is 0. The van der Waals surface area contributed by atoms with Crippen molar-refractivity contribution >= 4 is 22.6 Å². The van der Waals surface area contributed by atoms with E-state index in [2.05, 4.69) is 40.4 Å². The maximum Gasteiger partial charge on any atom is 0.225 e. The van der Waals surface area contributed by atoms with Crippen LogP contribution in [0.3, 0.4) is 0 Å². The average Bonchev–Trinajstić information content (AvgIpc) is 2.95. The fraction of sp³-hybridized carbons (Fsp3) is 0.545. The Balaban J connectivity index is 1.72. The topological polar surface area (TPSA) is 65.2 Å². The van der Waals surface area contributed by atoms with Gasteiger partial charge in [-0.1, -0.05) is 32.9 Å². The number of amides is 1. The quantitative estimate of drug-likeness (QED) is 0.801. The lowest BCUT2D eigenvalue weighted by atomic mass is 9.73. The van der Waals surface area contributed by atoms with Crippen molar-refractivity contribution in [1.29, 1.82) is 0 Å². The zero-order valence-electron chi connectivity index (χ0n) is 16.8. The smallest absolute Gasteiger partial charge is 0.225 e. The van der Waals surface area contributed by atoms with E-state index in [0.717, 1.165) is 30.6 Å². The molecule has 0 unspecified atom stereocenters. The van der Waals surface area contributed by atoms with Crippen molar-refractivity contribution in [2.45, 2.75) is 58.5 Å². The van der Waals surface area contributed by atoms with Gasteiger partial charge in [-0.3, -0.25) is 9.59 Å². The Bertz CT molecular complexity index is 922. The Kier molecular flexibility index (Phi) is 4.18. The summed E-state index contributed by atoms with van der Waals surface area (Å²) in [5.74, 6) is 0.565. The summed E-state index contributed by atoms with van der Waals surface area (Å²) in [5, 5.41) is 4.48. The zero-order chi connectivity index (χ0) is 19.5. The van der Waals surface area contributed by atoms with Crippen LogP contribution >= 0.6 is 0 Å². The first-order chi connectivity index (χ1) is 12.7. The van der Waals surface area contributed by atoms with Crippen molar-refractivity contribution in [2.75, 3.05) is 13.6 Å². The van der Waals surface area contributed by atoms with Gasteiger partial charge in [0, 0.05) is 47.8 Å². The second-order valence-corrected chi connectivity index (χ2v) is 9.28. The van der Waals surface area contributed by atoms with E-state index in [1.165, 1.54) is 16.5 Å². The van der Waals surface area contributed by atoms with Gasteiger partial charge in [0.2, 0.25) is 5.91 Å². The summed E-state index contributed by atoms with van der Waals surface area (Å²) in [6, 6.07) is 6.83. The molecule has 0 radical (unpaired) electrons. The molecule has 5 heteroatoms. The third kappa shape index (κ3) is 2.98. The molecular formula is C22H29N3O2. The maximum absolute atomic E-state index is 12.5. The number of likely N-dealkylation sites (N-methyl/N-ethyl adjacent to an activating group) is 1. The lowest BCUT2D eigenvalue weighted by molar-refractivity contribution is -0.129. The van der Waals surface area contributed by atoms with Crippen LogP contribution in [0.4, 0.5) is 0 Å². The standard InChI is InChI=1S/C22H29N3O2/c1-12(26)20-16-10-18-15(14-7-6-8-17(24-20)19(14)16)9-13(11-25(18)5)23-21(27)22(2,3)4/h6-8,13,15,18,24H,9-11H2,1-5H3,(H,23,27)/t13-,15+,18+/m0/s1. The molecule has 5 nitrogen and oxygen atoms in total. The normalized spacial score (nSPS) is 25.3. The molecule has 0 bridgehead atoms. The Morgan fingerprint density at radius 3 is 2.67 bits per heavy atom. The third-order valence-electron chi connectivity index (χ3n) is 6.22. The van der Waals surface area contributed by atoms with Gasteiger partial charge in [-0.2, -0.15) is 0 Å². The van der Waals surface area contributed by atoms with Crippen molar-refractivity contribution < 1.29 is 9.59 Å². The monoisotopic (exact) mass is 367 g/mol. The predicted octanol–water partition coefficient (Wildman–Crippen LogP) is 3.25. The van der Waals surface area contributed by atoms with E-state index in [4.69, 9.17) is 0 Å². The first kappa shape index (κ1) is 18.2. The molecule has 1 saturated heterocycles. The van der Waals surface area contributed by atoms with Gasteiger partial charge in [-0.05, 0) is 37.1 Å². The van der Waals surface area contributed by atoms with Gasteiger partial charge in [0.05, 0.1) is 5.69 Å². The van der Waals surface area contributed by atoms with Gasteiger partial charge in [0.1, 0.15) is 0 Å². The molecule has 1 fully saturated rings. The number of carbonyl (C=O) groups is 2. The Labute approximate surface area is 160 Å². The van der Waals surface area contributed by atoms with Crippen LogP contribution in [0.1, 0.15) is 61.6 Å². The van der Waals surface area contributed by atoms with Gasteiger partial charge >= 0.3 is 0 Å². The summed E-state index contributed by atoms with van der Waals surface area (Å²) in [5.41, 5.74) is 3.90. The van der Waals surface area contributed by atoms with Crippen LogP contribution < -0.4 is 5.32 Å². The van der Waals surface area contributed by atoms with E-state index in [9.17, 15) is 9.59 Å². The van der Waals surface area contributed by atoms with Crippen molar-refractivity contribution in [1.82, 2.24) is 15.2 Å². The van der Waals surface area contributed by atoms with Crippen molar-refractivity contribution in [3.63, 3.8) is 0 Å². The lowest BCUT2D eigenvalue weighted by Gasteiger charge is -2.46. The molecule has 2 N–H and O–H groups in total. The molecule has 2 aliphatic rings. The highest BCUT2D eigenvalue weighted by Crippen LogP contribution is 2.44. The fourth-order valence-corrected chi connectivity index (χ4v) is 4.84. The first-order valence-corrected chi connectivity index (χ1v) is 9.82. The molecule has 1 aliphatic carbocycles. The van der Waals surface area contributed by atoms with Crippen molar-refractivity contribution in [3.8, 4) is 0 Å².